The van der Waals surface area contributed by atoms with Crippen molar-refractivity contribution in [2.75, 3.05) is 33.2 Å². The standard InChI is InChI=1S/C13H28N2/c1-5-12(2)10-15(4)11-13(3)6-8-14-9-7-13/h12,14H,5-11H2,1-4H3. The van der Waals surface area contributed by atoms with Gasteiger partial charge in [-0.1, -0.05) is 27.2 Å². The van der Waals surface area contributed by atoms with Gasteiger partial charge in [0.1, 0.15) is 0 Å². The minimum atomic E-state index is 0.549. The van der Waals surface area contributed by atoms with E-state index in [1.54, 1.807) is 0 Å². The molecule has 1 fully saturated rings. The fourth-order valence-electron chi connectivity index (χ4n) is 2.57. The van der Waals surface area contributed by atoms with Crippen molar-refractivity contribution in [1.82, 2.24) is 10.2 Å². The molecule has 1 saturated heterocycles. The Hall–Kier alpha value is -0.0800. The lowest BCUT2D eigenvalue weighted by Gasteiger charge is -2.38. The zero-order valence-electron chi connectivity index (χ0n) is 11.0. The van der Waals surface area contributed by atoms with Crippen LogP contribution in [0.5, 0.6) is 0 Å². The lowest BCUT2D eigenvalue weighted by Crippen LogP contribution is -2.42. The van der Waals surface area contributed by atoms with Gasteiger partial charge in [-0.25, -0.2) is 0 Å². The second-order valence-electron chi connectivity index (χ2n) is 5.77. The lowest BCUT2D eigenvalue weighted by atomic mass is 9.80. The highest BCUT2D eigenvalue weighted by atomic mass is 15.1. The van der Waals surface area contributed by atoms with E-state index in [4.69, 9.17) is 0 Å². The largest absolute Gasteiger partial charge is 0.317 e. The summed E-state index contributed by atoms with van der Waals surface area (Å²) in [4.78, 5) is 2.53. The van der Waals surface area contributed by atoms with Gasteiger partial charge in [0.05, 0.1) is 0 Å². The van der Waals surface area contributed by atoms with Gasteiger partial charge in [-0.05, 0) is 44.3 Å². The molecule has 2 heteroatoms. The Morgan fingerprint density at radius 3 is 2.47 bits per heavy atom. The molecule has 2 nitrogen and oxygen atoms in total. The molecule has 0 amide bonds. The first kappa shape index (κ1) is 13.0. The smallest absolute Gasteiger partial charge is 0.00333 e. The van der Waals surface area contributed by atoms with Crippen LogP contribution in [0.2, 0.25) is 0 Å². The van der Waals surface area contributed by atoms with Gasteiger partial charge >= 0.3 is 0 Å². The lowest BCUT2D eigenvalue weighted by molar-refractivity contribution is 0.136. The monoisotopic (exact) mass is 212 g/mol. The van der Waals surface area contributed by atoms with Gasteiger partial charge < -0.3 is 10.2 Å². The molecule has 1 atom stereocenters. The number of piperidine rings is 1. The van der Waals surface area contributed by atoms with E-state index in [1.165, 1.54) is 45.4 Å². The molecule has 0 radical (unpaired) electrons. The number of nitrogens with one attached hydrogen (secondary N) is 1. The molecule has 15 heavy (non-hydrogen) atoms. The van der Waals surface area contributed by atoms with E-state index >= 15 is 0 Å². The Morgan fingerprint density at radius 2 is 1.93 bits per heavy atom. The summed E-state index contributed by atoms with van der Waals surface area (Å²) in [5.41, 5.74) is 0.549. The summed E-state index contributed by atoms with van der Waals surface area (Å²) in [6, 6.07) is 0. The van der Waals surface area contributed by atoms with Gasteiger partial charge in [0.2, 0.25) is 0 Å². The fraction of sp³-hybridized carbons (Fsp3) is 1.00. The van der Waals surface area contributed by atoms with Crippen molar-refractivity contribution >= 4 is 0 Å². The molecule has 0 saturated carbocycles. The Bertz CT molecular complexity index is 173. The van der Waals surface area contributed by atoms with Crippen molar-refractivity contribution in [3.63, 3.8) is 0 Å². The minimum Gasteiger partial charge on any atom is -0.317 e. The van der Waals surface area contributed by atoms with Crippen LogP contribution in [0.15, 0.2) is 0 Å². The van der Waals surface area contributed by atoms with Crippen LogP contribution in [-0.2, 0) is 0 Å². The third-order valence-electron chi connectivity index (χ3n) is 3.78. The topological polar surface area (TPSA) is 15.3 Å². The van der Waals surface area contributed by atoms with Gasteiger partial charge in [-0.15, -0.1) is 0 Å². The molecular formula is C13H28N2. The molecule has 1 aliphatic heterocycles. The summed E-state index contributed by atoms with van der Waals surface area (Å²) >= 11 is 0. The summed E-state index contributed by atoms with van der Waals surface area (Å²) in [7, 11) is 2.28. The molecule has 1 heterocycles. The van der Waals surface area contributed by atoms with Crippen LogP contribution in [0.25, 0.3) is 0 Å². The molecule has 1 aliphatic rings. The first-order valence-electron chi connectivity index (χ1n) is 6.45. The third kappa shape index (κ3) is 4.52. The molecule has 90 valence electrons. The minimum absolute atomic E-state index is 0.549. The number of hydrogen-bond acceptors (Lipinski definition) is 2. The molecule has 0 spiro atoms. The third-order valence-corrected chi connectivity index (χ3v) is 3.78. The number of rotatable bonds is 5. The molecule has 0 bridgehead atoms. The molecule has 1 N–H and O–H groups in total. The zero-order valence-corrected chi connectivity index (χ0v) is 11.0. The van der Waals surface area contributed by atoms with Gasteiger partial charge in [-0.3, -0.25) is 0 Å². The Kier molecular flexibility index (Phi) is 5.07. The highest BCUT2D eigenvalue weighted by Gasteiger charge is 2.27. The van der Waals surface area contributed by atoms with Crippen molar-refractivity contribution in [3.05, 3.63) is 0 Å². The molecule has 0 aromatic carbocycles. The summed E-state index contributed by atoms with van der Waals surface area (Å²) < 4.78 is 0. The molecule has 0 aromatic rings. The summed E-state index contributed by atoms with van der Waals surface area (Å²) in [6.07, 6.45) is 3.96. The van der Waals surface area contributed by atoms with Crippen molar-refractivity contribution in [2.45, 2.75) is 40.0 Å². The highest BCUT2D eigenvalue weighted by Crippen LogP contribution is 2.28. The molecule has 1 unspecified atom stereocenters. The van der Waals surface area contributed by atoms with Crippen LogP contribution in [0.1, 0.15) is 40.0 Å². The maximum Gasteiger partial charge on any atom is 0.00333 e. The van der Waals surface area contributed by atoms with Crippen LogP contribution in [0.3, 0.4) is 0 Å². The van der Waals surface area contributed by atoms with Crippen LogP contribution in [0.4, 0.5) is 0 Å². The first-order chi connectivity index (χ1) is 7.06. The molecule has 1 rings (SSSR count). The van der Waals surface area contributed by atoms with Crippen molar-refractivity contribution < 1.29 is 0 Å². The predicted octanol–water partition coefficient (Wildman–Crippen LogP) is 2.35. The van der Waals surface area contributed by atoms with Crippen LogP contribution >= 0.6 is 0 Å². The summed E-state index contributed by atoms with van der Waals surface area (Å²) in [5, 5.41) is 3.45. The number of nitrogens with zero attached hydrogens (tertiary/aromatic N) is 1. The van der Waals surface area contributed by atoms with Crippen molar-refractivity contribution in [2.24, 2.45) is 11.3 Å². The first-order valence-corrected chi connectivity index (χ1v) is 6.45. The quantitative estimate of drug-likeness (QED) is 0.752. The molecular weight excluding hydrogens is 184 g/mol. The average Bonchev–Trinajstić information content (AvgIpc) is 2.17. The second-order valence-corrected chi connectivity index (χ2v) is 5.77. The zero-order chi connectivity index (χ0) is 11.3. The maximum atomic E-state index is 3.45. The van der Waals surface area contributed by atoms with Crippen LogP contribution < -0.4 is 5.32 Å². The van der Waals surface area contributed by atoms with Gasteiger partial charge in [0, 0.05) is 13.1 Å². The maximum absolute atomic E-state index is 3.45. The molecule has 0 aliphatic carbocycles. The Morgan fingerprint density at radius 1 is 1.33 bits per heavy atom. The normalized spacial score (nSPS) is 23.0. The fourth-order valence-corrected chi connectivity index (χ4v) is 2.57. The number of hydrogen-bond donors (Lipinski definition) is 1. The Balaban J connectivity index is 2.31. The van der Waals surface area contributed by atoms with E-state index in [0.29, 0.717) is 5.41 Å². The highest BCUT2D eigenvalue weighted by molar-refractivity contribution is 4.83. The van der Waals surface area contributed by atoms with E-state index in [9.17, 15) is 0 Å². The van der Waals surface area contributed by atoms with E-state index in [-0.39, 0.29) is 0 Å². The summed E-state index contributed by atoms with van der Waals surface area (Å²) in [6.45, 7) is 12.0. The van der Waals surface area contributed by atoms with E-state index in [1.807, 2.05) is 0 Å². The summed E-state index contributed by atoms with van der Waals surface area (Å²) in [5.74, 6) is 0.834. The SMILES string of the molecule is CCC(C)CN(C)CC1(C)CCNCC1. The second kappa shape index (κ2) is 5.86. The van der Waals surface area contributed by atoms with E-state index in [0.717, 1.165) is 5.92 Å². The van der Waals surface area contributed by atoms with E-state index < -0.39 is 0 Å². The van der Waals surface area contributed by atoms with Gasteiger partial charge in [-0.2, -0.15) is 0 Å². The molecule has 0 aromatic heterocycles. The average molecular weight is 212 g/mol. The van der Waals surface area contributed by atoms with Crippen molar-refractivity contribution in [1.29, 1.82) is 0 Å². The van der Waals surface area contributed by atoms with Crippen molar-refractivity contribution in [3.8, 4) is 0 Å². The Labute approximate surface area is 95.4 Å². The van der Waals surface area contributed by atoms with E-state index in [2.05, 4.69) is 38.0 Å². The van der Waals surface area contributed by atoms with Crippen LogP contribution in [-0.4, -0.2) is 38.1 Å². The van der Waals surface area contributed by atoms with Crippen LogP contribution in [0, 0.1) is 11.3 Å². The van der Waals surface area contributed by atoms with Gasteiger partial charge in [0.25, 0.3) is 0 Å². The predicted molar refractivity (Wildman–Crippen MR) is 67.2 cm³/mol. The van der Waals surface area contributed by atoms with Gasteiger partial charge in [0.15, 0.2) is 0 Å².